The number of carbonyl (C=O) groups is 3. The van der Waals surface area contributed by atoms with Crippen molar-refractivity contribution < 1.29 is 28.6 Å². The van der Waals surface area contributed by atoms with E-state index in [2.05, 4.69) is 0 Å². The molecule has 0 amide bonds. The van der Waals surface area contributed by atoms with Crippen LogP contribution in [0.1, 0.15) is 33.3 Å². The molecule has 0 radical (unpaired) electrons. The number of carbonyl (C=O) groups excluding carboxylic acids is 3. The van der Waals surface area contributed by atoms with Gasteiger partial charge in [0.25, 0.3) is 0 Å². The largest absolute Gasteiger partial charge is 0.509 e. The van der Waals surface area contributed by atoms with Crippen LogP contribution in [0.3, 0.4) is 0 Å². The summed E-state index contributed by atoms with van der Waals surface area (Å²) in [6.07, 6.45) is -0.948. The lowest BCUT2D eigenvalue weighted by Crippen LogP contribution is -2.30. The average Bonchev–Trinajstić information content (AvgIpc) is 2.48. The molecule has 0 aliphatic heterocycles. The lowest BCUT2D eigenvalue weighted by molar-refractivity contribution is -0.153. The average molecular weight is 322 g/mol. The van der Waals surface area contributed by atoms with Crippen molar-refractivity contribution >= 4 is 17.9 Å². The lowest BCUT2D eigenvalue weighted by Gasteiger charge is -2.19. The third-order valence-corrected chi connectivity index (χ3v) is 2.78. The molecule has 0 aromatic heterocycles. The summed E-state index contributed by atoms with van der Waals surface area (Å²) in [5, 5.41) is 0. The Morgan fingerprint density at radius 3 is 2.22 bits per heavy atom. The highest BCUT2D eigenvalue weighted by molar-refractivity contribution is 5.99. The number of ether oxygens (including phenoxy) is 3. The molecule has 0 spiro atoms. The molecule has 23 heavy (non-hydrogen) atoms. The molecular formula is C17H22O6. The van der Waals surface area contributed by atoms with Crippen molar-refractivity contribution in [3.8, 4) is 0 Å². The molecule has 1 rings (SSSR count). The van der Waals surface area contributed by atoms with Gasteiger partial charge in [-0.25, -0.2) is 4.79 Å². The predicted molar refractivity (Wildman–Crippen MR) is 82.6 cm³/mol. The maximum atomic E-state index is 11.8. The van der Waals surface area contributed by atoms with Gasteiger partial charge in [-0.15, -0.1) is 0 Å². The molecule has 1 atom stereocenters. The van der Waals surface area contributed by atoms with E-state index in [1.54, 1.807) is 20.8 Å². The number of hydrogen-bond acceptors (Lipinski definition) is 6. The van der Waals surface area contributed by atoms with Gasteiger partial charge in [0.2, 0.25) is 0 Å². The van der Waals surface area contributed by atoms with E-state index in [1.807, 2.05) is 30.3 Å². The van der Waals surface area contributed by atoms with Crippen LogP contribution in [0.25, 0.3) is 0 Å². The highest BCUT2D eigenvalue weighted by Crippen LogP contribution is 2.09. The maximum Gasteiger partial charge on any atom is 0.509 e. The van der Waals surface area contributed by atoms with Gasteiger partial charge in [0.1, 0.15) is 18.1 Å². The Morgan fingerprint density at radius 1 is 1.04 bits per heavy atom. The molecule has 1 aromatic carbocycles. The molecule has 0 heterocycles. The van der Waals surface area contributed by atoms with Gasteiger partial charge in [-0.2, -0.15) is 0 Å². The molecule has 0 aliphatic carbocycles. The van der Waals surface area contributed by atoms with Gasteiger partial charge in [-0.05, 0) is 33.3 Å². The molecule has 0 bridgehead atoms. The van der Waals surface area contributed by atoms with E-state index < -0.39 is 36.0 Å². The monoisotopic (exact) mass is 322 g/mol. The lowest BCUT2D eigenvalue weighted by atomic mass is 10.1. The van der Waals surface area contributed by atoms with Gasteiger partial charge in [0.05, 0.1) is 0 Å². The van der Waals surface area contributed by atoms with E-state index >= 15 is 0 Å². The van der Waals surface area contributed by atoms with Crippen LogP contribution in [0.4, 0.5) is 4.79 Å². The van der Waals surface area contributed by atoms with Crippen molar-refractivity contribution in [2.75, 3.05) is 6.61 Å². The summed E-state index contributed by atoms with van der Waals surface area (Å²) < 4.78 is 14.7. The molecule has 6 heteroatoms. The molecule has 6 nitrogen and oxygen atoms in total. The normalized spacial score (nSPS) is 12.2. The Morgan fingerprint density at radius 2 is 1.65 bits per heavy atom. The van der Waals surface area contributed by atoms with E-state index in [-0.39, 0.29) is 6.61 Å². The topological polar surface area (TPSA) is 78.9 Å². The first kappa shape index (κ1) is 18.7. The van der Waals surface area contributed by atoms with Crippen LogP contribution < -0.4 is 0 Å². The zero-order chi connectivity index (χ0) is 17.5. The Hall–Kier alpha value is -2.37. The van der Waals surface area contributed by atoms with Gasteiger partial charge in [0, 0.05) is 0 Å². The molecule has 0 N–H and O–H groups in total. The number of ketones is 1. The molecule has 0 aliphatic rings. The van der Waals surface area contributed by atoms with Crippen molar-refractivity contribution in [2.45, 2.75) is 39.9 Å². The summed E-state index contributed by atoms with van der Waals surface area (Å²) in [7, 11) is 0. The zero-order valence-electron chi connectivity index (χ0n) is 13.8. The van der Waals surface area contributed by atoms with Crippen LogP contribution in [-0.4, -0.2) is 30.1 Å². The third-order valence-electron chi connectivity index (χ3n) is 2.78. The Balaban J connectivity index is 2.37. The van der Waals surface area contributed by atoms with Crippen LogP contribution in [0.2, 0.25) is 0 Å². The van der Waals surface area contributed by atoms with Gasteiger partial charge in [-0.3, -0.25) is 9.59 Å². The summed E-state index contributed by atoms with van der Waals surface area (Å²) in [5.41, 5.74) is 0.117. The molecule has 0 fully saturated rings. The minimum absolute atomic E-state index is 0.0875. The number of rotatable bonds is 6. The van der Waals surface area contributed by atoms with Gasteiger partial charge >= 0.3 is 12.1 Å². The Kier molecular flexibility index (Phi) is 6.75. The summed E-state index contributed by atoms with van der Waals surface area (Å²) in [6.45, 7) is 6.01. The summed E-state index contributed by atoms with van der Waals surface area (Å²) in [5.74, 6) is -2.22. The predicted octanol–water partition coefficient (Wildman–Crippen LogP) is 2.89. The standard InChI is InChI=1S/C17H22O6/c1-12(14(18)11-22-16(20)23-17(2,3)4)15(19)21-10-13-8-6-5-7-9-13/h5-9,12H,10-11H2,1-4H3. The van der Waals surface area contributed by atoms with Crippen LogP contribution in [0.5, 0.6) is 0 Å². The zero-order valence-corrected chi connectivity index (χ0v) is 13.8. The maximum absolute atomic E-state index is 11.8. The van der Waals surface area contributed by atoms with Crippen molar-refractivity contribution in [2.24, 2.45) is 5.92 Å². The van der Waals surface area contributed by atoms with E-state index in [4.69, 9.17) is 14.2 Å². The van der Waals surface area contributed by atoms with Crippen LogP contribution in [0, 0.1) is 5.92 Å². The quantitative estimate of drug-likeness (QED) is 0.592. The SMILES string of the molecule is CC(C(=O)COC(=O)OC(C)(C)C)C(=O)OCc1ccccc1. The fraction of sp³-hybridized carbons (Fsp3) is 0.471. The van der Waals surface area contributed by atoms with Gasteiger partial charge < -0.3 is 14.2 Å². The highest BCUT2D eigenvalue weighted by atomic mass is 16.7. The summed E-state index contributed by atoms with van der Waals surface area (Å²) in [6, 6.07) is 9.13. The van der Waals surface area contributed by atoms with Crippen molar-refractivity contribution in [1.29, 1.82) is 0 Å². The second-order valence-electron chi connectivity index (χ2n) is 6.03. The van der Waals surface area contributed by atoms with E-state index in [0.29, 0.717) is 0 Å². The number of esters is 1. The fourth-order valence-corrected chi connectivity index (χ4v) is 1.52. The molecule has 0 saturated heterocycles. The minimum atomic E-state index is -1.01. The second-order valence-corrected chi connectivity index (χ2v) is 6.03. The van der Waals surface area contributed by atoms with Gasteiger partial charge in [0.15, 0.2) is 12.4 Å². The van der Waals surface area contributed by atoms with Crippen LogP contribution in [-0.2, 0) is 30.4 Å². The Labute approximate surface area is 135 Å². The molecule has 1 aromatic rings. The molecular weight excluding hydrogens is 300 g/mol. The van der Waals surface area contributed by atoms with E-state index in [9.17, 15) is 14.4 Å². The molecule has 126 valence electrons. The smallest absolute Gasteiger partial charge is 0.460 e. The summed E-state index contributed by atoms with van der Waals surface area (Å²) >= 11 is 0. The Bertz CT molecular complexity index is 544. The third kappa shape index (κ3) is 7.44. The minimum Gasteiger partial charge on any atom is -0.460 e. The first-order chi connectivity index (χ1) is 10.7. The van der Waals surface area contributed by atoms with E-state index in [0.717, 1.165) is 5.56 Å². The highest BCUT2D eigenvalue weighted by Gasteiger charge is 2.25. The second kappa shape index (κ2) is 8.31. The molecule has 0 saturated carbocycles. The van der Waals surface area contributed by atoms with Crippen molar-refractivity contribution in [1.82, 2.24) is 0 Å². The van der Waals surface area contributed by atoms with Crippen LogP contribution >= 0.6 is 0 Å². The van der Waals surface area contributed by atoms with E-state index in [1.165, 1.54) is 6.92 Å². The van der Waals surface area contributed by atoms with Crippen molar-refractivity contribution in [3.63, 3.8) is 0 Å². The number of hydrogen-bond donors (Lipinski definition) is 0. The van der Waals surface area contributed by atoms with Crippen molar-refractivity contribution in [3.05, 3.63) is 35.9 Å². The van der Waals surface area contributed by atoms with Crippen LogP contribution in [0.15, 0.2) is 30.3 Å². The molecule has 1 unspecified atom stereocenters. The first-order valence-electron chi connectivity index (χ1n) is 7.28. The first-order valence-corrected chi connectivity index (χ1v) is 7.28. The number of Topliss-reactive ketones (excluding diaryl/α,β-unsaturated/α-hetero) is 1. The summed E-state index contributed by atoms with van der Waals surface area (Å²) in [4.78, 5) is 35.0. The number of benzene rings is 1. The van der Waals surface area contributed by atoms with Gasteiger partial charge in [-0.1, -0.05) is 30.3 Å². The fourth-order valence-electron chi connectivity index (χ4n) is 1.52.